The van der Waals surface area contributed by atoms with Crippen LogP contribution < -0.4 is 5.48 Å². The molecule has 0 aromatic carbocycles. The second-order valence-corrected chi connectivity index (χ2v) is 2.31. The van der Waals surface area contributed by atoms with Gasteiger partial charge in [-0.1, -0.05) is 0 Å². The Kier molecular flexibility index (Phi) is 3.13. The summed E-state index contributed by atoms with van der Waals surface area (Å²) in [7, 11) is 0. The average Bonchev–Trinajstić information content (AvgIpc) is 2.53. The molecule has 14 heavy (non-hydrogen) atoms. The highest BCUT2D eigenvalue weighted by molar-refractivity contribution is 5.90. The zero-order valence-electron chi connectivity index (χ0n) is 6.80. The molecule has 0 spiro atoms. The van der Waals surface area contributed by atoms with Crippen LogP contribution in [0.5, 0.6) is 0 Å². The van der Waals surface area contributed by atoms with E-state index in [2.05, 4.69) is 9.25 Å². The van der Waals surface area contributed by atoms with E-state index < -0.39 is 18.7 Å². The normalized spacial score (nSPS) is 11.4. The number of hydrogen-bond donors (Lipinski definition) is 1. The molecule has 0 radical (unpaired) electrons. The summed E-state index contributed by atoms with van der Waals surface area (Å²) in [6.07, 6.45) is -3.25. The minimum absolute atomic E-state index is 0.118. The van der Waals surface area contributed by atoms with E-state index >= 15 is 0 Å². The van der Waals surface area contributed by atoms with Crippen LogP contribution in [0.25, 0.3) is 0 Å². The van der Waals surface area contributed by atoms with Gasteiger partial charge in [-0.05, 0) is 12.1 Å². The zero-order valence-corrected chi connectivity index (χ0v) is 6.80. The van der Waals surface area contributed by atoms with Crippen molar-refractivity contribution in [2.75, 3.05) is 6.61 Å². The number of furan rings is 1. The lowest BCUT2D eigenvalue weighted by atomic mass is 10.4. The summed E-state index contributed by atoms with van der Waals surface area (Å²) in [5, 5.41) is 0. The molecule has 0 aliphatic carbocycles. The summed E-state index contributed by atoms with van der Waals surface area (Å²) in [5.74, 6) is -0.980. The van der Waals surface area contributed by atoms with Gasteiger partial charge in [-0.25, -0.2) is 5.48 Å². The first-order chi connectivity index (χ1) is 6.49. The average molecular weight is 209 g/mol. The molecular formula is C7H6F3NO3. The van der Waals surface area contributed by atoms with Crippen molar-refractivity contribution in [2.45, 2.75) is 6.18 Å². The maximum Gasteiger partial charge on any atom is 0.414 e. The first kappa shape index (κ1) is 10.6. The highest BCUT2D eigenvalue weighted by Crippen LogP contribution is 2.13. The van der Waals surface area contributed by atoms with E-state index in [4.69, 9.17) is 0 Å². The van der Waals surface area contributed by atoms with E-state index in [1.54, 1.807) is 5.48 Å². The van der Waals surface area contributed by atoms with Gasteiger partial charge in [0.1, 0.15) is 0 Å². The van der Waals surface area contributed by atoms with Crippen molar-refractivity contribution in [3.63, 3.8) is 0 Å². The summed E-state index contributed by atoms with van der Waals surface area (Å²) in [6, 6.07) is 2.73. The third kappa shape index (κ3) is 3.48. The second kappa shape index (κ2) is 4.14. The Morgan fingerprint density at radius 3 is 2.79 bits per heavy atom. The monoisotopic (exact) mass is 209 g/mol. The molecule has 0 saturated carbocycles. The number of amides is 1. The van der Waals surface area contributed by atoms with Gasteiger partial charge in [-0.2, -0.15) is 13.2 Å². The fourth-order valence-electron chi connectivity index (χ4n) is 0.642. The maximum atomic E-state index is 11.5. The van der Waals surface area contributed by atoms with Crippen LogP contribution >= 0.6 is 0 Å². The smallest absolute Gasteiger partial charge is 0.414 e. The number of alkyl halides is 3. The Bertz CT molecular complexity index is 294. The van der Waals surface area contributed by atoms with Crippen molar-refractivity contribution < 1.29 is 27.2 Å². The molecule has 1 amide bonds. The maximum absolute atomic E-state index is 11.5. The highest BCUT2D eigenvalue weighted by Gasteiger charge is 2.28. The highest BCUT2D eigenvalue weighted by atomic mass is 19.4. The van der Waals surface area contributed by atoms with Crippen molar-refractivity contribution in [1.82, 2.24) is 5.48 Å². The van der Waals surface area contributed by atoms with Gasteiger partial charge < -0.3 is 4.42 Å². The Balaban J connectivity index is 2.30. The number of halogens is 3. The quantitative estimate of drug-likeness (QED) is 0.767. The van der Waals surface area contributed by atoms with Crippen LogP contribution in [-0.2, 0) is 4.84 Å². The summed E-state index contributed by atoms with van der Waals surface area (Å²) in [5.41, 5.74) is 1.59. The molecule has 0 aliphatic heterocycles. The molecule has 7 heteroatoms. The zero-order chi connectivity index (χ0) is 10.6. The predicted molar refractivity (Wildman–Crippen MR) is 38.2 cm³/mol. The summed E-state index contributed by atoms with van der Waals surface area (Å²) >= 11 is 0. The van der Waals surface area contributed by atoms with Crippen molar-refractivity contribution in [1.29, 1.82) is 0 Å². The van der Waals surface area contributed by atoms with E-state index in [1.165, 1.54) is 18.4 Å². The van der Waals surface area contributed by atoms with Crippen LogP contribution in [0.15, 0.2) is 22.8 Å². The molecule has 0 fully saturated rings. The molecule has 1 aromatic heterocycles. The van der Waals surface area contributed by atoms with Gasteiger partial charge in [-0.3, -0.25) is 9.63 Å². The number of nitrogens with one attached hydrogen (secondary N) is 1. The molecule has 4 nitrogen and oxygen atoms in total. The fourth-order valence-corrected chi connectivity index (χ4v) is 0.642. The predicted octanol–water partition coefficient (Wildman–Crippen LogP) is 1.50. The van der Waals surface area contributed by atoms with E-state index in [-0.39, 0.29) is 5.76 Å². The molecule has 1 N–H and O–H groups in total. The van der Waals surface area contributed by atoms with Crippen LogP contribution in [0.3, 0.4) is 0 Å². The molecule has 1 aromatic rings. The van der Waals surface area contributed by atoms with Gasteiger partial charge >= 0.3 is 12.1 Å². The van der Waals surface area contributed by atoms with Gasteiger partial charge in [0.05, 0.1) is 6.26 Å². The molecule has 0 aliphatic rings. The van der Waals surface area contributed by atoms with E-state index in [0.717, 1.165) is 0 Å². The minimum Gasteiger partial charge on any atom is -0.459 e. The SMILES string of the molecule is O=C(NOCC(F)(F)F)c1ccco1. The summed E-state index contributed by atoms with van der Waals surface area (Å²) in [4.78, 5) is 14.8. The number of hydroxylamine groups is 1. The molecule has 0 saturated heterocycles. The minimum atomic E-state index is -4.48. The number of carbonyl (C=O) groups excluding carboxylic acids is 1. The van der Waals surface area contributed by atoms with E-state index in [0.29, 0.717) is 0 Å². The standard InChI is InChI=1S/C7H6F3NO3/c8-7(9,10)4-14-11-6(12)5-2-1-3-13-5/h1-3H,4H2,(H,11,12). The number of rotatable bonds is 3. The van der Waals surface area contributed by atoms with Crippen molar-refractivity contribution in [2.24, 2.45) is 0 Å². The van der Waals surface area contributed by atoms with Gasteiger partial charge in [0.2, 0.25) is 0 Å². The van der Waals surface area contributed by atoms with Gasteiger partial charge in [0.25, 0.3) is 0 Å². The lowest BCUT2D eigenvalue weighted by molar-refractivity contribution is -0.184. The number of carbonyl (C=O) groups is 1. The molecular weight excluding hydrogens is 203 g/mol. The Morgan fingerprint density at radius 2 is 2.29 bits per heavy atom. The van der Waals surface area contributed by atoms with Crippen LogP contribution in [0, 0.1) is 0 Å². The first-order valence-corrected chi connectivity index (χ1v) is 3.51. The van der Waals surface area contributed by atoms with Crippen LogP contribution in [-0.4, -0.2) is 18.7 Å². The lowest BCUT2D eigenvalue weighted by Crippen LogP contribution is -2.29. The third-order valence-corrected chi connectivity index (χ3v) is 1.15. The largest absolute Gasteiger partial charge is 0.459 e. The number of hydrogen-bond acceptors (Lipinski definition) is 3. The molecule has 0 atom stereocenters. The van der Waals surface area contributed by atoms with Crippen molar-refractivity contribution in [3.8, 4) is 0 Å². The summed E-state index contributed by atoms with van der Waals surface area (Å²) in [6.45, 7) is -1.54. The second-order valence-electron chi connectivity index (χ2n) is 2.31. The van der Waals surface area contributed by atoms with Crippen LogP contribution in [0.2, 0.25) is 0 Å². The van der Waals surface area contributed by atoms with E-state index in [1.807, 2.05) is 0 Å². The van der Waals surface area contributed by atoms with Crippen molar-refractivity contribution in [3.05, 3.63) is 24.2 Å². The third-order valence-electron chi connectivity index (χ3n) is 1.15. The Morgan fingerprint density at radius 1 is 1.57 bits per heavy atom. The molecule has 0 bridgehead atoms. The van der Waals surface area contributed by atoms with Gasteiger partial charge in [0.15, 0.2) is 12.4 Å². The lowest BCUT2D eigenvalue weighted by Gasteiger charge is -2.06. The molecule has 1 heterocycles. The van der Waals surface area contributed by atoms with Gasteiger partial charge in [-0.15, -0.1) is 0 Å². The fraction of sp³-hybridized carbons (Fsp3) is 0.286. The Labute approximate surface area is 76.6 Å². The molecule has 0 unspecified atom stereocenters. The van der Waals surface area contributed by atoms with E-state index in [9.17, 15) is 18.0 Å². The van der Waals surface area contributed by atoms with Gasteiger partial charge in [0, 0.05) is 0 Å². The topological polar surface area (TPSA) is 51.5 Å². The Hall–Kier alpha value is -1.50. The molecule has 1 rings (SSSR count). The van der Waals surface area contributed by atoms with Crippen LogP contribution in [0.1, 0.15) is 10.6 Å². The van der Waals surface area contributed by atoms with Crippen LogP contribution in [0.4, 0.5) is 13.2 Å². The first-order valence-electron chi connectivity index (χ1n) is 3.51. The summed E-state index contributed by atoms with van der Waals surface area (Å²) < 4.78 is 39.3. The van der Waals surface area contributed by atoms with Crippen molar-refractivity contribution >= 4 is 5.91 Å². The molecule has 78 valence electrons.